The normalized spacial score (nSPS) is 14.9. The Labute approximate surface area is 204 Å². The van der Waals surface area contributed by atoms with Crippen LogP contribution in [0.25, 0.3) is 11.1 Å². The van der Waals surface area contributed by atoms with Crippen LogP contribution in [-0.2, 0) is 4.74 Å². The van der Waals surface area contributed by atoms with Crippen molar-refractivity contribution in [2.24, 2.45) is 0 Å². The summed E-state index contributed by atoms with van der Waals surface area (Å²) in [5, 5.41) is 19.2. The number of ether oxygens (including phenoxy) is 1. The zero-order chi connectivity index (χ0) is 24.5. The largest absolute Gasteiger partial charge is 0.488 e. The van der Waals surface area contributed by atoms with Crippen LogP contribution in [0.5, 0.6) is 0 Å². The van der Waals surface area contributed by atoms with Crippen molar-refractivity contribution < 1.29 is 24.4 Å². The number of hydrogen-bond acceptors (Lipinski definition) is 6. The SMILES string of the molecule is Cc1c(C=O)cc(B(O)O)cc1N1CCN(C(=O)OCC2c3ccccc3-c3ccccc32)CC1. The van der Waals surface area contributed by atoms with Gasteiger partial charge in [0.05, 0.1) is 0 Å². The van der Waals surface area contributed by atoms with Crippen LogP contribution in [0.4, 0.5) is 10.5 Å². The van der Waals surface area contributed by atoms with Gasteiger partial charge in [-0.05, 0) is 46.3 Å². The van der Waals surface area contributed by atoms with Gasteiger partial charge in [-0.3, -0.25) is 4.79 Å². The monoisotopic (exact) mass is 470 g/mol. The first-order chi connectivity index (χ1) is 17.0. The summed E-state index contributed by atoms with van der Waals surface area (Å²) in [4.78, 5) is 28.1. The molecule has 0 atom stereocenters. The van der Waals surface area contributed by atoms with Crippen molar-refractivity contribution in [1.29, 1.82) is 0 Å². The first kappa shape index (κ1) is 23.1. The summed E-state index contributed by atoms with van der Waals surface area (Å²) in [7, 11) is -1.66. The first-order valence-electron chi connectivity index (χ1n) is 11.8. The number of nitrogens with zero attached hydrogens (tertiary/aromatic N) is 2. The summed E-state index contributed by atoms with van der Waals surface area (Å²) in [5.74, 6) is 0.0182. The molecule has 1 fully saturated rings. The number of carbonyl (C=O) groups excluding carboxylic acids is 2. The molecule has 1 heterocycles. The minimum absolute atomic E-state index is 0.0182. The number of anilines is 1. The molecule has 1 aliphatic carbocycles. The molecule has 35 heavy (non-hydrogen) atoms. The number of amides is 1. The maximum absolute atomic E-state index is 12.9. The highest BCUT2D eigenvalue weighted by Crippen LogP contribution is 2.44. The minimum Gasteiger partial charge on any atom is -0.448 e. The zero-order valence-electron chi connectivity index (χ0n) is 19.6. The number of rotatable bonds is 5. The van der Waals surface area contributed by atoms with Gasteiger partial charge in [0, 0.05) is 43.3 Å². The summed E-state index contributed by atoms with van der Waals surface area (Å²) >= 11 is 0. The van der Waals surface area contributed by atoms with Crippen LogP contribution in [0.2, 0.25) is 0 Å². The molecular weight excluding hydrogens is 443 g/mol. The molecule has 178 valence electrons. The third-order valence-corrected chi connectivity index (χ3v) is 7.08. The van der Waals surface area contributed by atoms with Gasteiger partial charge in [-0.25, -0.2) is 4.79 Å². The van der Waals surface area contributed by atoms with Gasteiger partial charge in [-0.1, -0.05) is 54.6 Å². The Morgan fingerprint density at radius 3 is 2.17 bits per heavy atom. The summed E-state index contributed by atoms with van der Waals surface area (Å²) in [6.45, 7) is 4.16. The lowest BCUT2D eigenvalue weighted by Crippen LogP contribution is -2.49. The zero-order valence-corrected chi connectivity index (χ0v) is 19.6. The molecule has 0 bridgehead atoms. The van der Waals surface area contributed by atoms with Gasteiger partial charge in [-0.2, -0.15) is 0 Å². The second-order valence-electron chi connectivity index (χ2n) is 9.02. The van der Waals surface area contributed by atoms with E-state index in [-0.39, 0.29) is 24.1 Å². The molecule has 0 aromatic heterocycles. The van der Waals surface area contributed by atoms with Gasteiger partial charge in [0.2, 0.25) is 0 Å². The van der Waals surface area contributed by atoms with Crippen LogP contribution in [0.1, 0.15) is 33.0 Å². The van der Waals surface area contributed by atoms with Gasteiger partial charge in [-0.15, -0.1) is 0 Å². The first-order valence-corrected chi connectivity index (χ1v) is 11.8. The second kappa shape index (κ2) is 9.56. The fourth-order valence-electron chi connectivity index (χ4n) is 5.16. The lowest BCUT2D eigenvalue weighted by molar-refractivity contribution is 0.0976. The summed E-state index contributed by atoms with van der Waals surface area (Å²) in [6.07, 6.45) is 0.383. The number of fused-ring (bicyclic) bond motifs is 3. The Hall–Kier alpha value is -3.62. The van der Waals surface area contributed by atoms with Gasteiger partial charge in [0.25, 0.3) is 0 Å². The second-order valence-corrected chi connectivity index (χ2v) is 9.02. The number of aldehydes is 1. The van der Waals surface area contributed by atoms with Crippen LogP contribution >= 0.6 is 0 Å². The van der Waals surface area contributed by atoms with E-state index in [1.165, 1.54) is 28.3 Å². The predicted octanol–water partition coefficient (Wildman–Crippen LogP) is 2.56. The molecule has 7 nitrogen and oxygen atoms in total. The topological polar surface area (TPSA) is 90.3 Å². The van der Waals surface area contributed by atoms with Crippen LogP contribution in [0.15, 0.2) is 60.7 Å². The van der Waals surface area contributed by atoms with Gasteiger partial charge < -0.3 is 24.6 Å². The molecular formula is C27H27BN2O5. The molecule has 3 aromatic carbocycles. The van der Waals surface area contributed by atoms with Crippen LogP contribution in [0.3, 0.4) is 0 Å². The number of piperazine rings is 1. The molecule has 1 saturated heterocycles. The Morgan fingerprint density at radius 1 is 1.00 bits per heavy atom. The molecule has 0 unspecified atom stereocenters. The van der Waals surface area contributed by atoms with Crippen molar-refractivity contribution in [2.45, 2.75) is 12.8 Å². The standard InChI is InChI=1S/C27H27BN2O5/c1-18-19(16-31)14-20(28(33)34)15-26(18)29-10-12-30(13-11-29)27(32)35-17-25-23-8-4-2-6-21(23)22-7-3-5-9-24(22)25/h2-9,14-16,25,33-34H,10-13,17H2,1H3. The van der Waals surface area contributed by atoms with E-state index in [0.717, 1.165) is 17.5 Å². The molecule has 5 rings (SSSR count). The lowest BCUT2D eigenvalue weighted by atomic mass is 9.78. The summed E-state index contributed by atoms with van der Waals surface area (Å²) in [5.41, 5.74) is 6.98. The van der Waals surface area contributed by atoms with Crippen molar-refractivity contribution in [2.75, 3.05) is 37.7 Å². The number of hydrogen-bond donors (Lipinski definition) is 2. The Morgan fingerprint density at radius 2 is 1.60 bits per heavy atom. The third kappa shape index (κ3) is 4.31. The molecule has 0 saturated carbocycles. The Balaban J connectivity index is 1.24. The predicted molar refractivity (Wildman–Crippen MR) is 135 cm³/mol. The van der Waals surface area contributed by atoms with E-state index in [2.05, 4.69) is 29.2 Å². The van der Waals surface area contributed by atoms with E-state index in [4.69, 9.17) is 4.74 Å². The van der Waals surface area contributed by atoms with Crippen molar-refractivity contribution in [1.82, 2.24) is 4.90 Å². The molecule has 0 radical (unpaired) electrons. The fourth-order valence-corrected chi connectivity index (χ4v) is 5.16. The van der Waals surface area contributed by atoms with Crippen molar-refractivity contribution in [3.63, 3.8) is 0 Å². The molecule has 3 aromatic rings. The molecule has 2 N–H and O–H groups in total. The van der Waals surface area contributed by atoms with Crippen LogP contribution in [0, 0.1) is 6.92 Å². The molecule has 0 spiro atoms. The van der Waals surface area contributed by atoms with E-state index < -0.39 is 7.12 Å². The number of carbonyl (C=O) groups is 2. The van der Waals surface area contributed by atoms with Gasteiger partial charge in [0.1, 0.15) is 12.9 Å². The smallest absolute Gasteiger partial charge is 0.448 e. The third-order valence-electron chi connectivity index (χ3n) is 7.08. The van der Waals surface area contributed by atoms with Crippen molar-refractivity contribution in [3.8, 4) is 11.1 Å². The number of benzene rings is 3. The van der Waals surface area contributed by atoms with E-state index in [1.54, 1.807) is 11.0 Å². The quantitative estimate of drug-likeness (QED) is 0.440. The Kier molecular flexibility index (Phi) is 6.32. The minimum atomic E-state index is -1.66. The molecule has 2 aliphatic rings. The maximum atomic E-state index is 12.9. The molecule has 1 aliphatic heterocycles. The van der Waals surface area contributed by atoms with E-state index in [0.29, 0.717) is 31.7 Å². The highest BCUT2D eigenvalue weighted by molar-refractivity contribution is 6.58. The van der Waals surface area contributed by atoms with E-state index in [1.807, 2.05) is 31.2 Å². The van der Waals surface area contributed by atoms with Crippen molar-refractivity contribution in [3.05, 3.63) is 82.9 Å². The maximum Gasteiger partial charge on any atom is 0.488 e. The Bertz CT molecular complexity index is 1220. The van der Waals surface area contributed by atoms with Crippen LogP contribution in [-0.4, -0.2) is 67.2 Å². The molecule has 8 heteroatoms. The lowest BCUT2D eigenvalue weighted by Gasteiger charge is -2.36. The highest BCUT2D eigenvalue weighted by atomic mass is 16.6. The van der Waals surface area contributed by atoms with E-state index in [9.17, 15) is 19.6 Å². The van der Waals surface area contributed by atoms with Gasteiger partial charge in [0.15, 0.2) is 0 Å². The molecule has 1 amide bonds. The highest BCUT2D eigenvalue weighted by Gasteiger charge is 2.31. The fraction of sp³-hybridized carbons (Fsp3) is 0.259. The average molecular weight is 470 g/mol. The van der Waals surface area contributed by atoms with Gasteiger partial charge >= 0.3 is 13.2 Å². The van der Waals surface area contributed by atoms with Crippen molar-refractivity contribution >= 4 is 30.6 Å². The summed E-state index contributed by atoms with van der Waals surface area (Å²) in [6, 6.07) is 19.7. The van der Waals surface area contributed by atoms with E-state index >= 15 is 0 Å². The van der Waals surface area contributed by atoms with Crippen LogP contribution < -0.4 is 10.4 Å². The summed E-state index contributed by atoms with van der Waals surface area (Å²) < 4.78 is 5.79. The average Bonchev–Trinajstić information content (AvgIpc) is 3.21.